The lowest BCUT2D eigenvalue weighted by molar-refractivity contribution is 0.0740. The number of rotatable bonds is 6. The Kier molecular flexibility index (Phi) is 5.35. The second-order valence-corrected chi connectivity index (χ2v) is 7.97. The van der Waals surface area contributed by atoms with Crippen molar-refractivity contribution in [1.29, 1.82) is 0 Å². The molecular formula is C16H25N7O2S. The van der Waals surface area contributed by atoms with Gasteiger partial charge in [0.05, 0.1) is 23.9 Å². The van der Waals surface area contributed by atoms with Gasteiger partial charge < -0.3 is 9.64 Å². The molecule has 0 aromatic carbocycles. The van der Waals surface area contributed by atoms with E-state index in [2.05, 4.69) is 25.4 Å². The van der Waals surface area contributed by atoms with E-state index < -0.39 is 5.54 Å². The Balaban J connectivity index is 1.88. The number of ether oxygens (including phenoxy) is 1. The van der Waals surface area contributed by atoms with E-state index >= 15 is 0 Å². The molecule has 26 heavy (non-hydrogen) atoms. The molecule has 10 heteroatoms. The number of tetrazole rings is 1. The summed E-state index contributed by atoms with van der Waals surface area (Å²) in [5.41, 5.74) is 0.380. The zero-order chi connectivity index (χ0) is 18.9. The number of likely N-dealkylation sites (tertiary alicyclic amines) is 1. The maximum Gasteiger partial charge on any atom is 0.265 e. The Bertz CT molecular complexity index is 787. The monoisotopic (exact) mass is 379 g/mol. The number of amides is 1. The van der Waals surface area contributed by atoms with Gasteiger partial charge in [0.15, 0.2) is 5.82 Å². The van der Waals surface area contributed by atoms with Crippen molar-refractivity contribution in [3.8, 4) is 0 Å². The lowest BCUT2D eigenvalue weighted by Gasteiger charge is -2.34. The van der Waals surface area contributed by atoms with Crippen molar-refractivity contribution in [2.75, 3.05) is 40.9 Å². The molecule has 2 aromatic heterocycles. The van der Waals surface area contributed by atoms with Gasteiger partial charge in [-0.1, -0.05) is 0 Å². The number of carbonyl (C=O) groups excluding carboxylic acids is 1. The summed E-state index contributed by atoms with van der Waals surface area (Å²) in [6, 6.07) is 0. The van der Waals surface area contributed by atoms with Crippen molar-refractivity contribution in [2.45, 2.75) is 32.4 Å². The van der Waals surface area contributed by atoms with Crippen LogP contribution in [0.15, 0.2) is 0 Å². The number of hydrogen-bond acceptors (Lipinski definition) is 8. The third kappa shape index (κ3) is 3.24. The summed E-state index contributed by atoms with van der Waals surface area (Å²) >= 11 is 1.45. The van der Waals surface area contributed by atoms with Crippen LogP contribution in [0.2, 0.25) is 0 Å². The summed E-state index contributed by atoms with van der Waals surface area (Å²) < 4.78 is 6.94. The van der Waals surface area contributed by atoms with Gasteiger partial charge in [0.2, 0.25) is 0 Å². The van der Waals surface area contributed by atoms with Crippen molar-refractivity contribution in [3.05, 3.63) is 21.4 Å². The Morgan fingerprint density at radius 1 is 1.38 bits per heavy atom. The highest BCUT2D eigenvalue weighted by Crippen LogP contribution is 2.36. The molecule has 0 N–H and O–H groups in total. The van der Waals surface area contributed by atoms with E-state index in [1.807, 2.05) is 32.8 Å². The molecule has 142 valence electrons. The van der Waals surface area contributed by atoms with Crippen molar-refractivity contribution in [2.24, 2.45) is 0 Å². The highest BCUT2D eigenvalue weighted by Gasteiger charge is 2.47. The zero-order valence-corrected chi connectivity index (χ0v) is 16.7. The van der Waals surface area contributed by atoms with Crippen LogP contribution in [0.4, 0.5) is 0 Å². The molecule has 0 radical (unpaired) electrons. The molecule has 0 saturated carbocycles. The van der Waals surface area contributed by atoms with Crippen molar-refractivity contribution in [3.63, 3.8) is 0 Å². The maximum absolute atomic E-state index is 13.0. The van der Waals surface area contributed by atoms with E-state index in [4.69, 9.17) is 4.74 Å². The quantitative estimate of drug-likeness (QED) is 0.730. The highest BCUT2D eigenvalue weighted by molar-refractivity contribution is 7.13. The Hall–Kier alpha value is -1.91. The van der Waals surface area contributed by atoms with Gasteiger partial charge in [-0.25, -0.2) is 9.67 Å². The van der Waals surface area contributed by atoms with Crippen LogP contribution in [0, 0.1) is 13.8 Å². The largest absolute Gasteiger partial charge is 0.383 e. The lowest BCUT2D eigenvalue weighted by Crippen LogP contribution is -2.47. The van der Waals surface area contributed by atoms with E-state index in [-0.39, 0.29) is 5.91 Å². The molecule has 2 aromatic rings. The predicted molar refractivity (Wildman–Crippen MR) is 97.2 cm³/mol. The van der Waals surface area contributed by atoms with Crippen LogP contribution in [-0.2, 0) is 16.8 Å². The lowest BCUT2D eigenvalue weighted by atomic mass is 9.96. The van der Waals surface area contributed by atoms with Gasteiger partial charge >= 0.3 is 0 Å². The van der Waals surface area contributed by atoms with Gasteiger partial charge in [-0.3, -0.25) is 9.69 Å². The molecule has 9 nitrogen and oxygen atoms in total. The normalized spacial score (nSPS) is 20.3. The third-order valence-electron chi connectivity index (χ3n) is 4.94. The van der Waals surface area contributed by atoms with Crippen LogP contribution in [-0.4, -0.2) is 81.8 Å². The van der Waals surface area contributed by atoms with Crippen LogP contribution in [0.25, 0.3) is 0 Å². The molecular weight excluding hydrogens is 354 g/mol. The van der Waals surface area contributed by atoms with E-state index in [1.54, 1.807) is 11.8 Å². The molecule has 1 saturated heterocycles. The van der Waals surface area contributed by atoms with Crippen LogP contribution < -0.4 is 0 Å². The first-order valence-electron chi connectivity index (χ1n) is 8.55. The summed E-state index contributed by atoms with van der Waals surface area (Å²) in [6.07, 6.45) is 0.774. The van der Waals surface area contributed by atoms with Gasteiger partial charge in [-0.05, 0) is 44.8 Å². The molecule has 3 heterocycles. The van der Waals surface area contributed by atoms with Gasteiger partial charge in [0.25, 0.3) is 5.91 Å². The van der Waals surface area contributed by atoms with Crippen LogP contribution in [0.1, 0.15) is 32.6 Å². The summed E-state index contributed by atoms with van der Waals surface area (Å²) in [4.78, 5) is 22.1. The van der Waals surface area contributed by atoms with Crippen LogP contribution in [0.3, 0.4) is 0 Å². The number of aryl methyl sites for hydroxylation is 2. The number of hydrogen-bond donors (Lipinski definition) is 0. The number of methoxy groups -OCH3 is 1. The number of nitrogens with zero attached hydrogens (tertiary/aromatic N) is 7. The topological polar surface area (TPSA) is 89.3 Å². The minimum atomic E-state index is -0.416. The average molecular weight is 379 g/mol. The molecule has 0 spiro atoms. The van der Waals surface area contributed by atoms with Crippen molar-refractivity contribution < 1.29 is 9.53 Å². The van der Waals surface area contributed by atoms with E-state index in [9.17, 15) is 4.79 Å². The minimum absolute atomic E-state index is 0.0349. The first-order chi connectivity index (χ1) is 12.4. The second-order valence-electron chi connectivity index (χ2n) is 6.77. The van der Waals surface area contributed by atoms with Gasteiger partial charge in [0.1, 0.15) is 10.4 Å². The Labute approximate surface area is 157 Å². The SMILES string of the molecule is COCCn1nnnc1C1(N(C)C)CCN(C(=O)c2sc(C)nc2C)C1. The highest BCUT2D eigenvalue weighted by atomic mass is 32.1. The fourth-order valence-corrected chi connectivity index (χ4v) is 4.34. The molecule has 0 bridgehead atoms. The fraction of sp³-hybridized carbons (Fsp3) is 0.688. The van der Waals surface area contributed by atoms with E-state index in [0.717, 1.165) is 27.8 Å². The number of carbonyl (C=O) groups is 1. The first-order valence-corrected chi connectivity index (χ1v) is 9.37. The molecule has 1 atom stereocenters. The van der Waals surface area contributed by atoms with Gasteiger partial charge in [-0.15, -0.1) is 16.4 Å². The smallest absolute Gasteiger partial charge is 0.265 e. The molecule has 1 fully saturated rings. The van der Waals surface area contributed by atoms with Crippen molar-refractivity contribution >= 4 is 17.2 Å². The van der Waals surface area contributed by atoms with Crippen LogP contribution >= 0.6 is 11.3 Å². The summed E-state index contributed by atoms with van der Waals surface area (Å²) in [5, 5.41) is 13.2. The van der Waals surface area contributed by atoms with Crippen LogP contribution in [0.5, 0.6) is 0 Å². The van der Waals surface area contributed by atoms with Gasteiger partial charge in [0, 0.05) is 20.2 Å². The number of likely N-dealkylation sites (N-methyl/N-ethyl adjacent to an activating group) is 1. The summed E-state index contributed by atoms with van der Waals surface area (Å²) in [7, 11) is 5.66. The standard InChI is InChI=1S/C16H25N7O2S/c1-11-13(26-12(2)17-11)14(24)22-7-6-16(10-22,21(3)4)15-18-19-20-23(15)8-9-25-5/h6-10H2,1-5H3. The summed E-state index contributed by atoms with van der Waals surface area (Å²) in [5.74, 6) is 0.805. The maximum atomic E-state index is 13.0. The predicted octanol–water partition coefficient (Wildman–Crippen LogP) is 0.696. The molecule has 0 aliphatic carbocycles. The second kappa shape index (κ2) is 7.37. The zero-order valence-electron chi connectivity index (χ0n) is 15.9. The van der Waals surface area contributed by atoms with E-state index in [1.165, 1.54) is 11.3 Å². The number of thiazole rings is 1. The minimum Gasteiger partial charge on any atom is -0.383 e. The molecule has 1 aliphatic heterocycles. The van der Waals surface area contributed by atoms with Crippen molar-refractivity contribution in [1.82, 2.24) is 35.0 Å². The Morgan fingerprint density at radius 3 is 2.77 bits per heavy atom. The molecule has 3 rings (SSSR count). The third-order valence-corrected chi connectivity index (χ3v) is 6.00. The molecule has 1 unspecified atom stereocenters. The fourth-order valence-electron chi connectivity index (χ4n) is 3.45. The van der Waals surface area contributed by atoms with Gasteiger partial charge in [-0.2, -0.15) is 0 Å². The molecule has 1 amide bonds. The average Bonchev–Trinajstić information content (AvgIpc) is 3.30. The number of aromatic nitrogens is 5. The summed E-state index contributed by atoms with van der Waals surface area (Å²) in [6.45, 7) is 6.12. The molecule has 1 aliphatic rings. The van der Waals surface area contributed by atoms with E-state index in [0.29, 0.717) is 26.2 Å². The first kappa shape index (κ1) is 18.9. The Morgan fingerprint density at radius 2 is 2.15 bits per heavy atom.